The minimum Gasteiger partial charge on any atom is -0.387 e. The maximum atomic E-state index is 10.2. The van der Waals surface area contributed by atoms with Crippen LogP contribution in [0.3, 0.4) is 0 Å². The van der Waals surface area contributed by atoms with Crippen LogP contribution in [0.15, 0.2) is 43.0 Å². The molecule has 3 aromatic rings. The zero-order chi connectivity index (χ0) is 15.5. The minimum absolute atomic E-state index is 0.384. The van der Waals surface area contributed by atoms with Crippen molar-refractivity contribution < 1.29 is 5.11 Å². The molecule has 114 valence electrons. The average molecular weight is 337 g/mol. The van der Waals surface area contributed by atoms with Gasteiger partial charge in [0, 0.05) is 35.5 Å². The number of fused-ring (bicyclic) bond motifs is 1. The predicted octanol–water partition coefficient (Wildman–Crippen LogP) is 2.86. The van der Waals surface area contributed by atoms with Crippen molar-refractivity contribution in [3.8, 4) is 0 Å². The third-order valence-electron chi connectivity index (χ3n) is 3.31. The van der Waals surface area contributed by atoms with Gasteiger partial charge in [-0.2, -0.15) is 0 Å². The van der Waals surface area contributed by atoms with Crippen molar-refractivity contribution in [2.75, 3.05) is 6.54 Å². The van der Waals surface area contributed by atoms with Gasteiger partial charge < -0.3 is 10.4 Å². The standard InChI is InChI=1S/C15H14Cl2N4O/c16-11-3-10(4-12(17)5-11)14(22)8-19-6-13-7-20-15-9-18-1-2-21(13)15/h1-5,7,9,14,19,22H,6,8H2. The van der Waals surface area contributed by atoms with Gasteiger partial charge in [-0.3, -0.25) is 9.38 Å². The van der Waals surface area contributed by atoms with Gasteiger partial charge in [0.05, 0.1) is 24.2 Å². The molecular weight excluding hydrogens is 323 g/mol. The summed E-state index contributed by atoms with van der Waals surface area (Å²) in [5, 5.41) is 14.4. The normalized spacial score (nSPS) is 12.7. The molecule has 2 aromatic heterocycles. The molecule has 1 atom stereocenters. The fraction of sp³-hybridized carbons (Fsp3) is 0.200. The van der Waals surface area contributed by atoms with Crippen LogP contribution in [0.1, 0.15) is 17.4 Å². The summed E-state index contributed by atoms with van der Waals surface area (Å²) >= 11 is 11.9. The Morgan fingerprint density at radius 1 is 1.18 bits per heavy atom. The number of imidazole rings is 1. The van der Waals surface area contributed by atoms with Gasteiger partial charge in [-0.25, -0.2) is 4.98 Å². The number of nitrogens with zero attached hydrogens (tertiary/aromatic N) is 3. The van der Waals surface area contributed by atoms with Gasteiger partial charge in [0.1, 0.15) is 0 Å². The molecule has 0 radical (unpaired) electrons. The van der Waals surface area contributed by atoms with Crippen molar-refractivity contribution in [3.05, 3.63) is 64.3 Å². The molecule has 7 heteroatoms. The molecule has 0 saturated heterocycles. The van der Waals surface area contributed by atoms with Crippen LogP contribution in [0.25, 0.3) is 5.65 Å². The third kappa shape index (κ3) is 3.39. The summed E-state index contributed by atoms with van der Waals surface area (Å²) in [6, 6.07) is 5.05. The Labute approximate surface area is 137 Å². The summed E-state index contributed by atoms with van der Waals surface area (Å²) in [4.78, 5) is 8.28. The molecule has 0 aliphatic rings. The zero-order valence-electron chi connectivity index (χ0n) is 11.6. The summed E-state index contributed by atoms with van der Waals surface area (Å²) in [5.74, 6) is 0. The van der Waals surface area contributed by atoms with Crippen LogP contribution in [-0.2, 0) is 6.54 Å². The van der Waals surface area contributed by atoms with Gasteiger partial charge in [0.15, 0.2) is 5.65 Å². The van der Waals surface area contributed by atoms with Gasteiger partial charge in [-0.1, -0.05) is 23.2 Å². The Bertz CT molecular complexity index is 770. The van der Waals surface area contributed by atoms with Crippen molar-refractivity contribution >= 4 is 28.8 Å². The molecule has 22 heavy (non-hydrogen) atoms. The first kappa shape index (κ1) is 15.2. The van der Waals surface area contributed by atoms with Gasteiger partial charge in [-0.15, -0.1) is 0 Å². The lowest BCUT2D eigenvalue weighted by Crippen LogP contribution is -2.21. The predicted molar refractivity (Wildman–Crippen MR) is 86.1 cm³/mol. The topological polar surface area (TPSA) is 62.5 Å². The third-order valence-corrected chi connectivity index (χ3v) is 3.74. The molecule has 0 aliphatic carbocycles. The second-order valence-corrected chi connectivity index (χ2v) is 5.78. The largest absolute Gasteiger partial charge is 0.387 e. The number of rotatable bonds is 5. The Hall–Kier alpha value is -1.66. The molecule has 0 amide bonds. The number of halogens is 2. The lowest BCUT2D eigenvalue weighted by atomic mass is 10.1. The Morgan fingerprint density at radius 2 is 1.95 bits per heavy atom. The molecule has 0 aliphatic heterocycles. The van der Waals surface area contributed by atoms with E-state index in [-0.39, 0.29) is 0 Å². The smallest absolute Gasteiger partial charge is 0.155 e. The molecule has 3 rings (SSSR count). The van der Waals surface area contributed by atoms with Crippen LogP contribution in [0.2, 0.25) is 10.0 Å². The molecular formula is C15H14Cl2N4O. The molecule has 0 fully saturated rings. The maximum absolute atomic E-state index is 10.2. The van der Waals surface area contributed by atoms with E-state index in [9.17, 15) is 5.11 Å². The molecule has 0 saturated carbocycles. The SMILES string of the molecule is OC(CNCc1cnc2cnccn12)c1cc(Cl)cc(Cl)c1. The second kappa shape index (κ2) is 6.62. The first-order valence-electron chi connectivity index (χ1n) is 6.74. The summed E-state index contributed by atoms with van der Waals surface area (Å²) in [6.07, 6.45) is 6.36. The van der Waals surface area contributed by atoms with Crippen LogP contribution < -0.4 is 5.32 Å². The minimum atomic E-state index is -0.683. The average Bonchev–Trinajstić information content (AvgIpc) is 2.90. The summed E-state index contributed by atoms with van der Waals surface area (Å²) in [7, 11) is 0. The van der Waals surface area contributed by atoms with Crippen molar-refractivity contribution in [2.24, 2.45) is 0 Å². The highest BCUT2D eigenvalue weighted by Crippen LogP contribution is 2.23. The van der Waals surface area contributed by atoms with E-state index in [0.717, 1.165) is 11.3 Å². The Kier molecular flexibility index (Phi) is 4.59. The fourth-order valence-electron chi connectivity index (χ4n) is 2.25. The van der Waals surface area contributed by atoms with Crippen molar-refractivity contribution in [3.63, 3.8) is 0 Å². The van der Waals surface area contributed by atoms with E-state index in [4.69, 9.17) is 23.2 Å². The zero-order valence-corrected chi connectivity index (χ0v) is 13.1. The molecule has 2 heterocycles. The maximum Gasteiger partial charge on any atom is 0.155 e. The number of hydrogen-bond acceptors (Lipinski definition) is 4. The number of aliphatic hydroxyl groups excluding tert-OH is 1. The number of aliphatic hydroxyl groups is 1. The molecule has 0 bridgehead atoms. The second-order valence-electron chi connectivity index (χ2n) is 4.90. The van der Waals surface area contributed by atoms with E-state index in [0.29, 0.717) is 28.7 Å². The number of aromatic nitrogens is 3. The van der Waals surface area contributed by atoms with Gasteiger partial charge in [-0.05, 0) is 23.8 Å². The van der Waals surface area contributed by atoms with Crippen LogP contribution in [0.4, 0.5) is 0 Å². The summed E-state index contributed by atoms with van der Waals surface area (Å²) < 4.78 is 1.95. The number of nitrogens with one attached hydrogen (secondary N) is 1. The fourth-order valence-corrected chi connectivity index (χ4v) is 2.79. The van der Waals surface area contributed by atoms with Crippen molar-refractivity contribution in [1.29, 1.82) is 0 Å². The van der Waals surface area contributed by atoms with Crippen LogP contribution in [0.5, 0.6) is 0 Å². The molecule has 0 spiro atoms. The van der Waals surface area contributed by atoms with Gasteiger partial charge in [0.2, 0.25) is 0 Å². The van der Waals surface area contributed by atoms with Crippen molar-refractivity contribution in [1.82, 2.24) is 19.7 Å². The van der Waals surface area contributed by atoms with E-state index in [1.165, 1.54) is 0 Å². The van der Waals surface area contributed by atoms with E-state index < -0.39 is 6.10 Å². The van der Waals surface area contributed by atoms with E-state index in [1.807, 2.05) is 10.6 Å². The van der Waals surface area contributed by atoms with E-state index in [2.05, 4.69) is 15.3 Å². The first-order valence-corrected chi connectivity index (χ1v) is 7.50. The first-order chi connectivity index (χ1) is 10.6. The summed E-state index contributed by atoms with van der Waals surface area (Å²) in [6.45, 7) is 0.964. The Balaban J connectivity index is 1.63. The lowest BCUT2D eigenvalue weighted by molar-refractivity contribution is 0.174. The van der Waals surface area contributed by atoms with E-state index >= 15 is 0 Å². The van der Waals surface area contributed by atoms with Crippen LogP contribution >= 0.6 is 23.2 Å². The number of benzene rings is 1. The van der Waals surface area contributed by atoms with Crippen LogP contribution in [-0.4, -0.2) is 26.0 Å². The van der Waals surface area contributed by atoms with E-state index in [1.54, 1.807) is 36.8 Å². The molecule has 1 unspecified atom stereocenters. The highest BCUT2D eigenvalue weighted by Gasteiger charge is 2.10. The quantitative estimate of drug-likeness (QED) is 0.752. The Morgan fingerprint density at radius 3 is 2.73 bits per heavy atom. The summed E-state index contributed by atoms with van der Waals surface area (Å²) in [5.41, 5.74) is 2.47. The van der Waals surface area contributed by atoms with Gasteiger partial charge in [0.25, 0.3) is 0 Å². The molecule has 5 nitrogen and oxygen atoms in total. The highest BCUT2D eigenvalue weighted by atomic mass is 35.5. The van der Waals surface area contributed by atoms with Gasteiger partial charge >= 0.3 is 0 Å². The monoisotopic (exact) mass is 336 g/mol. The lowest BCUT2D eigenvalue weighted by Gasteiger charge is -2.13. The van der Waals surface area contributed by atoms with Crippen LogP contribution in [0, 0.1) is 0 Å². The van der Waals surface area contributed by atoms with Crippen molar-refractivity contribution in [2.45, 2.75) is 12.6 Å². The molecule has 1 aromatic carbocycles. The molecule has 2 N–H and O–H groups in total. The number of hydrogen-bond donors (Lipinski definition) is 2. The highest BCUT2D eigenvalue weighted by molar-refractivity contribution is 6.34.